The third-order valence-corrected chi connectivity index (χ3v) is 4.95. The molecule has 2 N–H and O–H groups in total. The second-order valence-electron chi connectivity index (χ2n) is 6.97. The van der Waals surface area contributed by atoms with Gasteiger partial charge in [0.15, 0.2) is 0 Å². The number of hydrogen-bond donors (Lipinski definition) is 2. The molecule has 0 spiro atoms. The predicted molar refractivity (Wildman–Crippen MR) is 118 cm³/mol. The van der Waals surface area contributed by atoms with Crippen molar-refractivity contribution >= 4 is 16.0 Å². The third-order valence-electron chi connectivity index (χ3n) is 4.23. The second-order valence-corrected chi connectivity index (χ2v) is 8.54. The van der Waals surface area contributed by atoms with Crippen molar-refractivity contribution in [2.75, 3.05) is 12.3 Å². The molecule has 5 nitrogen and oxygen atoms in total. The molecule has 0 aliphatic heterocycles. The molecule has 162 valence electrons. The Kier molecular flexibility index (Phi) is 18.0. The molecule has 0 fully saturated rings. The van der Waals surface area contributed by atoms with E-state index in [1.807, 2.05) is 0 Å². The summed E-state index contributed by atoms with van der Waals surface area (Å²) in [5, 5.41) is 2.49. The average molecular weight is 414 g/mol. The van der Waals surface area contributed by atoms with Gasteiger partial charge >= 0.3 is 0 Å². The second kappa shape index (κ2) is 18.9. The summed E-state index contributed by atoms with van der Waals surface area (Å²) >= 11 is 0. The lowest BCUT2D eigenvalue weighted by Crippen LogP contribution is -2.28. The van der Waals surface area contributed by atoms with Crippen LogP contribution in [0.4, 0.5) is 0 Å². The van der Waals surface area contributed by atoms with Crippen LogP contribution in [0.15, 0.2) is 36.5 Å². The van der Waals surface area contributed by atoms with E-state index in [0.29, 0.717) is 6.42 Å². The van der Waals surface area contributed by atoms with Gasteiger partial charge in [-0.3, -0.25) is 9.35 Å². The standard InChI is InChI=1S/C22H39NO4S/c1-2-3-4-5-6-7-8-9-10-11-12-13-14-15-16-17-18-19-22(24)23-20-21-28(25,26)27/h6-7,9-10,12-13H,2-5,8,11,14-21H2,1H3,(H,23,24)(H,25,26,27)/b7-6-,10-9-,13-12-. The summed E-state index contributed by atoms with van der Waals surface area (Å²) in [5.41, 5.74) is 0. The van der Waals surface area contributed by atoms with Gasteiger partial charge in [-0.2, -0.15) is 8.42 Å². The van der Waals surface area contributed by atoms with Crippen molar-refractivity contribution in [3.05, 3.63) is 36.5 Å². The van der Waals surface area contributed by atoms with Gasteiger partial charge in [0.2, 0.25) is 5.91 Å². The van der Waals surface area contributed by atoms with Crippen LogP contribution >= 0.6 is 0 Å². The van der Waals surface area contributed by atoms with E-state index >= 15 is 0 Å². The fourth-order valence-corrected chi connectivity index (χ4v) is 2.96. The molecule has 6 heteroatoms. The number of rotatable bonds is 18. The molecule has 0 saturated carbocycles. The highest BCUT2D eigenvalue weighted by Gasteiger charge is 2.05. The van der Waals surface area contributed by atoms with Crippen LogP contribution in [-0.4, -0.2) is 31.2 Å². The van der Waals surface area contributed by atoms with Crippen molar-refractivity contribution in [1.29, 1.82) is 0 Å². The largest absolute Gasteiger partial charge is 0.355 e. The van der Waals surface area contributed by atoms with E-state index < -0.39 is 15.9 Å². The van der Waals surface area contributed by atoms with E-state index in [9.17, 15) is 13.2 Å². The molecule has 0 unspecified atom stereocenters. The lowest BCUT2D eigenvalue weighted by Gasteiger charge is -2.03. The topological polar surface area (TPSA) is 83.5 Å². The van der Waals surface area contributed by atoms with Crippen LogP contribution in [0.1, 0.15) is 84.0 Å². The van der Waals surface area contributed by atoms with Crippen LogP contribution < -0.4 is 5.32 Å². The Hall–Kier alpha value is -1.40. The predicted octanol–water partition coefficient (Wildman–Crippen LogP) is 5.36. The van der Waals surface area contributed by atoms with Gasteiger partial charge in [-0.1, -0.05) is 69.1 Å². The van der Waals surface area contributed by atoms with E-state index in [-0.39, 0.29) is 12.5 Å². The summed E-state index contributed by atoms with van der Waals surface area (Å²) in [5.74, 6) is -0.595. The van der Waals surface area contributed by atoms with Crippen molar-refractivity contribution in [2.45, 2.75) is 84.0 Å². The molecule has 0 aromatic heterocycles. The van der Waals surface area contributed by atoms with Crippen molar-refractivity contribution in [3.63, 3.8) is 0 Å². The molecular weight excluding hydrogens is 374 g/mol. The fraction of sp³-hybridized carbons (Fsp3) is 0.682. The van der Waals surface area contributed by atoms with Gasteiger partial charge in [-0.25, -0.2) is 0 Å². The maximum Gasteiger partial charge on any atom is 0.266 e. The molecule has 0 heterocycles. The highest BCUT2D eigenvalue weighted by atomic mass is 32.2. The normalized spacial score (nSPS) is 12.5. The highest BCUT2D eigenvalue weighted by molar-refractivity contribution is 7.85. The minimum atomic E-state index is -4.00. The molecular formula is C22H39NO4S. The van der Waals surface area contributed by atoms with Crippen LogP contribution in [0, 0.1) is 0 Å². The van der Waals surface area contributed by atoms with Crippen LogP contribution in [0.25, 0.3) is 0 Å². The smallest absolute Gasteiger partial charge is 0.266 e. The van der Waals surface area contributed by atoms with Crippen LogP contribution in [0.3, 0.4) is 0 Å². The van der Waals surface area contributed by atoms with Crippen molar-refractivity contribution in [1.82, 2.24) is 5.32 Å². The highest BCUT2D eigenvalue weighted by Crippen LogP contribution is 2.06. The maximum atomic E-state index is 11.5. The molecule has 1 amide bonds. The van der Waals surface area contributed by atoms with Gasteiger partial charge in [0.05, 0.1) is 5.75 Å². The Morgan fingerprint density at radius 2 is 1.36 bits per heavy atom. The molecule has 0 atom stereocenters. The Labute approximate surface area is 172 Å². The molecule has 0 radical (unpaired) electrons. The Morgan fingerprint density at radius 1 is 0.821 bits per heavy atom. The molecule has 0 aromatic rings. The van der Waals surface area contributed by atoms with E-state index in [2.05, 4.69) is 48.7 Å². The van der Waals surface area contributed by atoms with Gasteiger partial charge in [0.1, 0.15) is 0 Å². The van der Waals surface area contributed by atoms with Gasteiger partial charge in [-0.05, 0) is 44.9 Å². The van der Waals surface area contributed by atoms with Gasteiger partial charge in [-0.15, -0.1) is 0 Å². The van der Waals surface area contributed by atoms with Crippen LogP contribution in [0.2, 0.25) is 0 Å². The lowest BCUT2D eigenvalue weighted by molar-refractivity contribution is -0.121. The number of hydrogen-bond acceptors (Lipinski definition) is 3. The van der Waals surface area contributed by atoms with Gasteiger partial charge in [0.25, 0.3) is 10.1 Å². The summed E-state index contributed by atoms with van der Waals surface area (Å²) in [6, 6.07) is 0. The lowest BCUT2D eigenvalue weighted by atomic mass is 10.1. The van der Waals surface area contributed by atoms with E-state index in [0.717, 1.165) is 44.9 Å². The Morgan fingerprint density at radius 3 is 1.93 bits per heavy atom. The number of unbranched alkanes of at least 4 members (excludes halogenated alkanes) is 7. The first-order chi connectivity index (χ1) is 13.5. The molecule has 0 aromatic carbocycles. The zero-order valence-electron chi connectivity index (χ0n) is 17.4. The monoisotopic (exact) mass is 413 g/mol. The molecule has 0 aliphatic rings. The molecule has 0 bridgehead atoms. The van der Waals surface area contributed by atoms with E-state index in [4.69, 9.17) is 4.55 Å². The number of nitrogens with one attached hydrogen (secondary N) is 1. The summed E-state index contributed by atoms with van der Waals surface area (Å²) in [4.78, 5) is 11.5. The Balaban J connectivity index is 3.42. The maximum absolute atomic E-state index is 11.5. The van der Waals surface area contributed by atoms with Gasteiger partial charge in [0, 0.05) is 13.0 Å². The summed E-state index contributed by atoms with van der Waals surface area (Å²) in [7, 11) is -4.00. The zero-order valence-corrected chi connectivity index (χ0v) is 18.3. The molecule has 28 heavy (non-hydrogen) atoms. The van der Waals surface area contributed by atoms with Crippen LogP contribution in [0.5, 0.6) is 0 Å². The quantitative estimate of drug-likeness (QED) is 0.180. The van der Waals surface area contributed by atoms with Crippen molar-refractivity contribution in [2.24, 2.45) is 0 Å². The Bertz CT molecular complexity index is 565. The molecule has 0 saturated heterocycles. The first kappa shape index (κ1) is 26.6. The number of amides is 1. The number of carbonyl (C=O) groups is 1. The van der Waals surface area contributed by atoms with Gasteiger partial charge < -0.3 is 5.32 Å². The first-order valence-corrected chi connectivity index (χ1v) is 12.2. The molecule has 0 rings (SSSR count). The third kappa shape index (κ3) is 22.6. The fourth-order valence-electron chi connectivity index (χ4n) is 2.60. The van der Waals surface area contributed by atoms with Crippen molar-refractivity contribution < 1.29 is 17.8 Å². The summed E-state index contributed by atoms with van der Waals surface area (Å²) in [6.07, 6.45) is 25.9. The zero-order chi connectivity index (χ0) is 20.9. The first-order valence-electron chi connectivity index (χ1n) is 10.6. The minimum Gasteiger partial charge on any atom is -0.355 e. The average Bonchev–Trinajstić information content (AvgIpc) is 2.63. The number of allylic oxidation sites excluding steroid dienone is 6. The minimum absolute atomic E-state index is 0.0356. The summed E-state index contributed by atoms with van der Waals surface area (Å²) < 4.78 is 29.6. The van der Waals surface area contributed by atoms with E-state index in [1.165, 1.54) is 25.7 Å². The SMILES string of the molecule is CCCCC/C=C\C/C=C\C/C=C\CCCCCCC(=O)NCCS(=O)(=O)O. The van der Waals surface area contributed by atoms with Crippen LogP contribution in [-0.2, 0) is 14.9 Å². The number of carbonyl (C=O) groups excluding carboxylic acids is 1. The molecule has 0 aliphatic carbocycles. The van der Waals surface area contributed by atoms with Crippen molar-refractivity contribution in [3.8, 4) is 0 Å². The summed E-state index contributed by atoms with van der Waals surface area (Å²) in [6.45, 7) is 2.19. The van der Waals surface area contributed by atoms with E-state index in [1.54, 1.807) is 0 Å².